The van der Waals surface area contributed by atoms with E-state index in [0.717, 1.165) is 24.1 Å². The van der Waals surface area contributed by atoms with Crippen molar-refractivity contribution in [2.24, 2.45) is 11.1 Å². The third kappa shape index (κ3) is 4.79. The lowest BCUT2D eigenvalue weighted by molar-refractivity contribution is -0.130. The highest BCUT2D eigenvalue weighted by Gasteiger charge is 2.30. The highest BCUT2D eigenvalue weighted by Crippen LogP contribution is 2.28. The minimum absolute atomic E-state index is 0.112. The van der Waals surface area contributed by atoms with Gasteiger partial charge in [-0.2, -0.15) is 0 Å². The number of hydrogen-bond donors (Lipinski definition) is 2. The summed E-state index contributed by atoms with van der Waals surface area (Å²) >= 11 is 0. The van der Waals surface area contributed by atoms with Crippen LogP contribution in [0.5, 0.6) is 0 Å². The van der Waals surface area contributed by atoms with Gasteiger partial charge in [0.2, 0.25) is 11.8 Å². The molecule has 5 heteroatoms. The first-order chi connectivity index (χ1) is 10.7. The Bertz CT molecular complexity index is 571. The van der Waals surface area contributed by atoms with Gasteiger partial charge in [-0.05, 0) is 36.0 Å². The first-order valence-corrected chi connectivity index (χ1v) is 8.11. The zero-order chi connectivity index (χ0) is 17.2. The summed E-state index contributed by atoms with van der Waals surface area (Å²) in [4.78, 5) is 25.7. The standard InChI is InChI=1S/C18H27N3O2/c1-12(22)21(15-9-10-15)11-13-5-7-14(8-6-13)20-17(23)16(19)18(2,3)4/h5-8,15-16H,9-11,19H2,1-4H3,(H,20,23)/t16-/m1/s1. The maximum atomic E-state index is 12.1. The number of rotatable bonds is 5. The Morgan fingerprint density at radius 1 is 1.26 bits per heavy atom. The van der Waals surface area contributed by atoms with E-state index in [-0.39, 0.29) is 17.2 Å². The summed E-state index contributed by atoms with van der Waals surface area (Å²) in [6.45, 7) is 8.05. The van der Waals surface area contributed by atoms with Gasteiger partial charge < -0.3 is 16.0 Å². The van der Waals surface area contributed by atoms with Crippen LogP contribution in [0.15, 0.2) is 24.3 Å². The van der Waals surface area contributed by atoms with Crippen LogP contribution in [0, 0.1) is 5.41 Å². The lowest BCUT2D eigenvalue weighted by atomic mass is 9.87. The fourth-order valence-corrected chi connectivity index (χ4v) is 2.39. The largest absolute Gasteiger partial charge is 0.336 e. The molecule has 1 aliphatic rings. The van der Waals surface area contributed by atoms with Gasteiger partial charge >= 0.3 is 0 Å². The Hall–Kier alpha value is -1.88. The maximum Gasteiger partial charge on any atom is 0.241 e. The van der Waals surface area contributed by atoms with E-state index >= 15 is 0 Å². The molecule has 1 fully saturated rings. The van der Waals surface area contributed by atoms with Gasteiger partial charge in [-0.3, -0.25) is 9.59 Å². The molecule has 1 saturated carbocycles. The van der Waals surface area contributed by atoms with Crippen molar-refractivity contribution in [2.75, 3.05) is 5.32 Å². The molecular weight excluding hydrogens is 290 g/mol. The van der Waals surface area contributed by atoms with Crippen molar-refractivity contribution >= 4 is 17.5 Å². The highest BCUT2D eigenvalue weighted by molar-refractivity contribution is 5.95. The van der Waals surface area contributed by atoms with Crippen LogP contribution < -0.4 is 11.1 Å². The minimum Gasteiger partial charge on any atom is -0.336 e. The number of anilines is 1. The molecule has 1 aromatic rings. The van der Waals surface area contributed by atoms with Crippen LogP contribution in [-0.4, -0.2) is 28.8 Å². The third-order valence-corrected chi connectivity index (χ3v) is 4.18. The van der Waals surface area contributed by atoms with E-state index in [1.165, 1.54) is 0 Å². The van der Waals surface area contributed by atoms with Crippen molar-refractivity contribution in [1.82, 2.24) is 4.90 Å². The number of benzene rings is 1. The highest BCUT2D eigenvalue weighted by atomic mass is 16.2. The summed E-state index contributed by atoms with van der Waals surface area (Å²) in [5, 5.41) is 2.84. The van der Waals surface area contributed by atoms with Gasteiger partial charge in [0, 0.05) is 25.2 Å². The second-order valence-electron chi connectivity index (χ2n) is 7.41. The summed E-state index contributed by atoms with van der Waals surface area (Å²) < 4.78 is 0. The first kappa shape index (κ1) is 17.5. The molecule has 0 heterocycles. The van der Waals surface area contributed by atoms with Crippen LogP contribution in [0.25, 0.3) is 0 Å². The second-order valence-corrected chi connectivity index (χ2v) is 7.41. The Labute approximate surface area is 138 Å². The van der Waals surface area contributed by atoms with Crippen LogP contribution >= 0.6 is 0 Å². The molecule has 0 spiro atoms. The molecule has 23 heavy (non-hydrogen) atoms. The van der Waals surface area contributed by atoms with Crippen LogP contribution in [0.4, 0.5) is 5.69 Å². The maximum absolute atomic E-state index is 12.1. The van der Waals surface area contributed by atoms with Gasteiger partial charge in [0.15, 0.2) is 0 Å². The number of nitrogens with two attached hydrogens (primary N) is 1. The molecule has 0 aromatic heterocycles. The van der Waals surface area contributed by atoms with E-state index in [0.29, 0.717) is 12.6 Å². The predicted molar refractivity (Wildman–Crippen MR) is 91.7 cm³/mol. The number of nitrogens with one attached hydrogen (secondary N) is 1. The molecule has 3 N–H and O–H groups in total. The molecule has 2 rings (SSSR count). The smallest absolute Gasteiger partial charge is 0.241 e. The van der Waals surface area contributed by atoms with Gasteiger partial charge in [0.05, 0.1) is 6.04 Å². The van der Waals surface area contributed by atoms with E-state index in [4.69, 9.17) is 5.73 Å². The number of nitrogens with zero attached hydrogens (tertiary/aromatic N) is 1. The van der Waals surface area contributed by atoms with E-state index < -0.39 is 6.04 Å². The van der Waals surface area contributed by atoms with E-state index in [9.17, 15) is 9.59 Å². The molecule has 1 aliphatic carbocycles. The SMILES string of the molecule is CC(=O)N(Cc1ccc(NC(=O)[C@@H](N)C(C)(C)C)cc1)C1CC1. The van der Waals surface area contributed by atoms with Gasteiger partial charge in [-0.1, -0.05) is 32.9 Å². The Morgan fingerprint density at radius 2 is 1.83 bits per heavy atom. The quantitative estimate of drug-likeness (QED) is 0.876. The van der Waals surface area contributed by atoms with E-state index in [1.807, 2.05) is 49.9 Å². The van der Waals surface area contributed by atoms with Crippen molar-refractivity contribution in [1.29, 1.82) is 0 Å². The fourth-order valence-electron chi connectivity index (χ4n) is 2.39. The minimum atomic E-state index is -0.565. The summed E-state index contributed by atoms with van der Waals surface area (Å²) in [7, 11) is 0. The molecule has 0 unspecified atom stereocenters. The van der Waals surface area contributed by atoms with Gasteiger partial charge in [-0.15, -0.1) is 0 Å². The van der Waals surface area contributed by atoms with Gasteiger partial charge in [-0.25, -0.2) is 0 Å². The third-order valence-electron chi connectivity index (χ3n) is 4.18. The van der Waals surface area contributed by atoms with Gasteiger partial charge in [0.25, 0.3) is 0 Å². The van der Waals surface area contributed by atoms with Crippen LogP contribution in [-0.2, 0) is 16.1 Å². The molecule has 1 atom stereocenters. The molecule has 0 bridgehead atoms. The van der Waals surface area contributed by atoms with Crippen molar-refractivity contribution in [3.05, 3.63) is 29.8 Å². The molecule has 126 valence electrons. The molecule has 0 aliphatic heterocycles. The Balaban J connectivity index is 1.96. The zero-order valence-electron chi connectivity index (χ0n) is 14.4. The summed E-state index contributed by atoms with van der Waals surface area (Å²) in [5.74, 6) is -0.0744. The van der Waals surface area contributed by atoms with E-state index in [2.05, 4.69) is 5.32 Å². The first-order valence-electron chi connectivity index (χ1n) is 8.11. The number of hydrogen-bond acceptors (Lipinski definition) is 3. The summed E-state index contributed by atoms with van der Waals surface area (Å²) in [6.07, 6.45) is 2.19. The second kappa shape index (κ2) is 6.71. The molecule has 0 radical (unpaired) electrons. The van der Waals surface area contributed by atoms with Crippen molar-refractivity contribution in [2.45, 2.75) is 59.2 Å². The monoisotopic (exact) mass is 317 g/mol. The van der Waals surface area contributed by atoms with Crippen LogP contribution in [0.1, 0.15) is 46.1 Å². The van der Waals surface area contributed by atoms with Gasteiger partial charge in [0.1, 0.15) is 0 Å². The molecular formula is C18H27N3O2. The number of carbonyl (C=O) groups excluding carboxylic acids is 2. The fraction of sp³-hybridized carbons (Fsp3) is 0.556. The zero-order valence-corrected chi connectivity index (χ0v) is 14.4. The molecule has 5 nitrogen and oxygen atoms in total. The average Bonchev–Trinajstić information content (AvgIpc) is 3.28. The van der Waals surface area contributed by atoms with Crippen molar-refractivity contribution in [3.63, 3.8) is 0 Å². The summed E-state index contributed by atoms with van der Waals surface area (Å²) in [5.41, 5.74) is 7.46. The molecule has 1 aromatic carbocycles. The Kier molecular flexibility index (Phi) is 5.09. The number of amides is 2. The Morgan fingerprint density at radius 3 is 2.26 bits per heavy atom. The van der Waals surface area contributed by atoms with Crippen molar-refractivity contribution in [3.8, 4) is 0 Å². The lowest BCUT2D eigenvalue weighted by Crippen LogP contribution is -2.45. The predicted octanol–water partition coefficient (Wildman–Crippen LogP) is 2.51. The lowest BCUT2D eigenvalue weighted by Gasteiger charge is -2.26. The molecule has 0 saturated heterocycles. The normalized spacial score (nSPS) is 15.9. The van der Waals surface area contributed by atoms with Crippen LogP contribution in [0.2, 0.25) is 0 Å². The summed E-state index contributed by atoms with van der Waals surface area (Å²) in [6, 6.07) is 7.43. The van der Waals surface area contributed by atoms with Crippen LogP contribution in [0.3, 0.4) is 0 Å². The average molecular weight is 317 g/mol. The van der Waals surface area contributed by atoms with E-state index in [1.54, 1.807) is 6.92 Å². The molecule has 2 amide bonds. The van der Waals surface area contributed by atoms with Crippen molar-refractivity contribution < 1.29 is 9.59 Å². The topological polar surface area (TPSA) is 75.4 Å². The number of carbonyl (C=O) groups is 2.